The van der Waals surface area contributed by atoms with E-state index in [1.165, 1.54) is 12.1 Å². The van der Waals surface area contributed by atoms with Crippen LogP contribution in [0.4, 0.5) is 4.79 Å². The molecule has 0 spiro atoms. The number of hydrogen-bond donors (Lipinski definition) is 2. The van der Waals surface area contributed by atoms with Crippen LogP contribution in [0, 0.1) is 0 Å². The Morgan fingerprint density at radius 1 is 0.920 bits per heavy atom. The highest BCUT2D eigenvalue weighted by Crippen LogP contribution is 2.20. The number of amides is 2. The number of carbonyl (C=O) groups excluding carboxylic acids is 3. The van der Waals surface area contributed by atoms with Crippen LogP contribution in [0.3, 0.4) is 0 Å². The zero-order valence-electron chi connectivity index (χ0n) is 13.6. The molecule has 0 bridgehead atoms. The number of carbonyl (C=O) groups is 3. The van der Waals surface area contributed by atoms with Gasteiger partial charge in [-0.25, -0.2) is 4.79 Å². The van der Waals surface area contributed by atoms with Crippen molar-refractivity contribution in [1.29, 1.82) is 0 Å². The first-order valence-corrected chi connectivity index (χ1v) is 7.61. The maximum absolute atomic E-state index is 12.7. The van der Waals surface area contributed by atoms with Crippen LogP contribution in [0.25, 0.3) is 5.76 Å². The van der Waals surface area contributed by atoms with Crippen molar-refractivity contribution in [2.45, 2.75) is 6.92 Å². The molecular weight excluding hydrogens is 322 g/mol. The third kappa shape index (κ3) is 4.54. The number of aliphatic hydroxyl groups excluding tert-OH is 1. The first-order chi connectivity index (χ1) is 12.0. The third-order valence-electron chi connectivity index (χ3n) is 3.27. The van der Waals surface area contributed by atoms with Gasteiger partial charge in [0.1, 0.15) is 11.3 Å². The van der Waals surface area contributed by atoms with Crippen molar-refractivity contribution in [3.63, 3.8) is 0 Å². The molecular formula is C19H17NO5. The molecule has 2 amide bonds. The maximum atomic E-state index is 12.7. The van der Waals surface area contributed by atoms with Gasteiger partial charge in [-0.2, -0.15) is 0 Å². The van der Waals surface area contributed by atoms with E-state index in [-0.39, 0.29) is 17.7 Å². The van der Waals surface area contributed by atoms with Crippen LogP contribution in [0.1, 0.15) is 22.8 Å². The molecule has 2 aromatic carbocycles. The Balaban J connectivity index is 2.47. The number of imide groups is 1. The second-order valence-electron chi connectivity index (χ2n) is 4.96. The van der Waals surface area contributed by atoms with Crippen molar-refractivity contribution >= 4 is 23.5 Å². The zero-order chi connectivity index (χ0) is 18.2. The minimum absolute atomic E-state index is 0.0649. The summed E-state index contributed by atoms with van der Waals surface area (Å²) >= 11 is 0. The topological polar surface area (TPSA) is 92.7 Å². The fraction of sp³-hybridized carbons (Fsp3) is 0.105. The molecule has 6 nitrogen and oxygen atoms in total. The highest BCUT2D eigenvalue weighted by Gasteiger charge is 2.27. The second kappa shape index (κ2) is 8.44. The van der Waals surface area contributed by atoms with Crippen molar-refractivity contribution in [2.24, 2.45) is 0 Å². The van der Waals surface area contributed by atoms with Gasteiger partial charge in [-0.1, -0.05) is 60.7 Å². The van der Waals surface area contributed by atoms with Gasteiger partial charge in [0, 0.05) is 11.1 Å². The summed E-state index contributed by atoms with van der Waals surface area (Å²) in [6.45, 7) is 1.65. The Hall–Kier alpha value is -3.41. The van der Waals surface area contributed by atoms with Crippen molar-refractivity contribution < 1.29 is 24.2 Å². The smallest absolute Gasteiger partial charge is 0.414 e. The monoisotopic (exact) mass is 339 g/mol. The zero-order valence-corrected chi connectivity index (χ0v) is 13.6. The highest BCUT2D eigenvalue weighted by atomic mass is 16.5. The van der Waals surface area contributed by atoms with Crippen LogP contribution in [0.2, 0.25) is 0 Å². The Morgan fingerprint density at radius 3 is 1.96 bits per heavy atom. The molecule has 0 atom stereocenters. The Kier molecular flexibility index (Phi) is 6.06. The van der Waals surface area contributed by atoms with Gasteiger partial charge in [-0.3, -0.25) is 14.9 Å². The molecule has 0 aliphatic heterocycles. The van der Waals surface area contributed by atoms with E-state index in [1.54, 1.807) is 55.5 Å². The van der Waals surface area contributed by atoms with Gasteiger partial charge in [0.15, 0.2) is 0 Å². The molecule has 0 saturated heterocycles. The predicted octanol–water partition coefficient (Wildman–Crippen LogP) is 3.11. The summed E-state index contributed by atoms with van der Waals surface area (Å²) in [5, 5.41) is 12.4. The van der Waals surface area contributed by atoms with E-state index in [1.807, 2.05) is 5.32 Å². The number of hydrogen-bond acceptors (Lipinski definition) is 5. The van der Waals surface area contributed by atoms with Gasteiger partial charge in [0.25, 0.3) is 5.91 Å². The molecule has 25 heavy (non-hydrogen) atoms. The molecule has 0 saturated carbocycles. The highest BCUT2D eigenvalue weighted by molar-refractivity contribution is 6.30. The largest absolute Gasteiger partial charge is 0.506 e. The number of benzene rings is 2. The van der Waals surface area contributed by atoms with E-state index in [4.69, 9.17) is 0 Å². The summed E-state index contributed by atoms with van der Waals surface area (Å²) < 4.78 is 4.65. The summed E-state index contributed by atoms with van der Waals surface area (Å²) in [5.41, 5.74) is -0.0507. The third-order valence-corrected chi connectivity index (χ3v) is 3.27. The minimum Gasteiger partial charge on any atom is -0.506 e. The number of ether oxygens (including phenoxy) is 1. The van der Waals surface area contributed by atoms with Crippen molar-refractivity contribution in [1.82, 2.24) is 5.32 Å². The number of Topliss-reactive ketones (excluding diaryl/α,β-unsaturated/α-hetero) is 1. The predicted molar refractivity (Wildman–Crippen MR) is 91.9 cm³/mol. The summed E-state index contributed by atoms with van der Waals surface area (Å²) in [7, 11) is 0. The summed E-state index contributed by atoms with van der Waals surface area (Å²) in [4.78, 5) is 36.6. The van der Waals surface area contributed by atoms with Gasteiger partial charge in [0.05, 0.1) is 6.61 Å². The van der Waals surface area contributed by atoms with Crippen molar-refractivity contribution in [2.75, 3.05) is 6.61 Å². The summed E-state index contributed by atoms with van der Waals surface area (Å²) in [5.74, 6) is -2.26. The van der Waals surface area contributed by atoms with Crippen molar-refractivity contribution in [3.05, 3.63) is 77.4 Å². The van der Waals surface area contributed by atoms with E-state index < -0.39 is 29.1 Å². The number of ketones is 1. The van der Waals surface area contributed by atoms with Gasteiger partial charge < -0.3 is 9.84 Å². The standard InChI is InChI=1S/C19H17NO5/c1-2-25-19(24)20-18(23)15(16(21)13-9-5-3-6-10-13)17(22)14-11-7-4-8-12-14/h3-12,21H,2H2,1H3,(H,20,23,24)/b16-15-. The first kappa shape index (κ1) is 17.9. The van der Waals surface area contributed by atoms with E-state index in [2.05, 4.69) is 4.74 Å². The van der Waals surface area contributed by atoms with E-state index in [0.717, 1.165) is 0 Å². The number of rotatable bonds is 5. The SMILES string of the molecule is CCOC(=O)NC(=O)/C(C(=O)c1ccccc1)=C(\O)c1ccccc1. The fourth-order valence-electron chi connectivity index (χ4n) is 2.11. The Bertz CT molecular complexity index is 797. The summed E-state index contributed by atoms with van der Waals surface area (Å²) in [6, 6.07) is 16.1. The molecule has 6 heteroatoms. The lowest BCUT2D eigenvalue weighted by molar-refractivity contribution is -0.116. The van der Waals surface area contributed by atoms with Crippen LogP contribution in [-0.2, 0) is 9.53 Å². The van der Waals surface area contributed by atoms with Crippen LogP contribution < -0.4 is 5.32 Å². The molecule has 0 heterocycles. The van der Waals surface area contributed by atoms with Gasteiger partial charge in [-0.15, -0.1) is 0 Å². The first-order valence-electron chi connectivity index (χ1n) is 7.61. The molecule has 0 aromatic heterocycles. The molecule has 0 radical (unpaired) electrons. The molecule has 128 valence electrons. The van der Waals surface area contributed by atoms with Crippen LogP contribution >= 0.6 is 0 Å². The maximum Gasteiger partial charge on any atom is 0.414 e. The lowest BCUT2D eigenvalue weighted by atomic mass is 9.99. The molecule has 0 aliphatic carbocycles. The molecule has 0 aliphatic rings. The van der Waals surface area contributed by atoms with Gasteiger partial charge in [0.2, 0.25) is 5.78 Å². The number of aliphatic hydroxyl groups is 1. The molecule has 2 aromatic rings. The average Bonchev–Trinajstić information content (AvgIpc) is 2.63. The van der Waals surface area contributed by atoms with E-state index in [9.17, 15) is 19.5 Å². The summed E-state index contributed by atoms with van der Waals surface area (Å²) in [6.07, 6.45) is -0.994. The van der Waals surface area contributed by atoms with Crippen LogP contribution in [0.15, 0.2) is 66.2 Å². The molecule has 2 rings (SSSR count). The lowest BCUT2D eigenvalue weighted by Crippen LogP contribution is -2.35. The lowest BCUT2D eigenvalue weighted by Gasteiger charge is -2.10. The van der Waals surface area contributed by atoms with Crippen LogP contribution in [0.5, 0.6) is 0 Å². The van der Waals surface area contributed by atoms with Gasteiger partial charge >= 0.3 is 6.09 Å². The van der Waals surface area contributed by atoms with E-state index in [0.29, 0.717) is 0 Å². The minimum atomic E-state index is -1.03. The number of nitrogens with one attached hydrogen (secondary N) is 1. The van der Waals surface area contributed by atoms with Crippen molar-refractivity contribution in [3.8, 4) is 0 Å². The average molecular weight is 339 g/mol. The Morgan fingerprint density at radius 2 is 1.44 bits per heavy atom. The molecule has 0 fully saturated rings. The number of alkyl carbamates (subject to hydrolysis) is 1. The Labute approximate surface area is 144 Å². The van der Waals surface area contributed by atoms with Gasteiger partial charge in [-0.05, 0) is 6.92 Å². The molecule has 2 N–H and O–H groups in total. The fourth-order valence-corrected chi connectivity index (χ4v) is 2.11. The van der Waals surface area contributed by atoms with Crippen LogP contribution in [-0.4, -0.2) is 29.5 Å². The normalized spacial score (nSPS) is 11.2. The van der Waals surface area contributed by atoms with E-state index >= 15 is 0 Å². The second-order valence-corrected chi connectivity index (χ2v) is 4.96. The quantitative estimate of drug-likeness (QED) is 0.287. The molecule has 0 unspecified atom stereocenters.